The topological polar surface area (TPSA) is 65.4 Å². The van der Waals surface area contributed by atoms with Gasteiger partial charge in [-0.1, -0.05) is 13.8 Å². The predicted octanol–water partition coefficient (Wildman–Crippen LogP) is 2.40. The summed E-state index contributed by atoms with van der Waals surface area (Å²) in [5.41, 5.74) is 3.10. The fraction of sp³-hybridized carbons (Fsp3) is 0.789. The Labute approximate surface area is 151 Å². The molecule has 6 heteroatoms. The lowest BCUT2D eigenvalue weighted by Crippen LogP contribution is -2.27. The minimum absolute atomic E-state index is 0.0504. The van der Waals surface area contributed by atoms with Crippen LogP contribution in [-0.2, 0) is 27.2 Å². The van der Waals surface area contributed by atoms with Gasteiger partial charge in [0, 0.05) is 37.6 Å². The molecule has 1 aromatic rings. The Morgan fingerprint density at radius 1 is 1.44 bits per heavy atom. The van der Waals surface area contributed by atoms with E-state index in [2.05, 4.69) is 24.3 Å². The monoisotopic (exact) mass is 351 g/mol. The van der Waals surface area contributed by atoms with Crippen LogP contribution in [0.25, 0.3) is 0 Å². The maximum Gasteiger partial charge on any atom is 0.224 e. The van der Waals surface area contributed by atoms with Gasteiger partial charge in [-0.25, -0.2) is 0 Å². The number of amides is 1. The maximum absolute atomic E-state index is 12.2. The van der Waals surface area contributed by atoms with Gasteiger partial charge in [0.2, 0.25) is 5.91 Å². The molecule has 0 aliphatic carbocycles. The van der Waals surface area contributed by atoms with Gasteiger partial charge < -0.3 is 14.8 Å². The minimum atomic E-state index is 0.0504. The summed E-state index contributed by atoms with van der Waals surface area (Å²) < 4.78 is 13.1. The van der Waals surface area contributed by atoms with Crippen molar-refractivity contribution in [3.63, 3.8) is 0 Å². The lowest BCUT2D eigenvalue weighted by Gasteiger charge is -2.10. The van der Waals surface area contributed by atoms with E-state index in [-0.39, 0.29) is 12.0 Å². The van der Waals surface area contributed by atoms with Crippen molar-refractivity contribution in [2.24, 2.45) is 5.92 Å². The number of aromatic nitrogens is 2. The minimum Gasteiger partial charge on any atom is -0.379 e. The third kappa shape index (κ3) is 6.44. The molecule has 142 valence electrons. The summed E-state index contributed by atoms with van der Waals surface area (Å²) in [6, 6.07) is 0. The smallest absolute Gasteiger partial charge is 0.224 e. The lowest BCUT2D eigenvalue weighted by atomic mass is 10.1. The van der Waals surface area contributed by atoms with Crippen LogP contribution in [0.2, 0.25) is 0 Å². The number of ether oxygens (including phenoxy) is 2. The molecule has 1 fully saturated rings. The first-order valence-electron chi connectivity index (χ1n) is 9.46. The number of nitrogens with one attached hydrogen (secondary N) is 1. The number of rotatable bonds is 10. The highest BCUT2D eigenvalue weighted by Gasteiger charge is 2.16. The molecular formula is C19H33N3O3. The summed E-state index contributed by atoms with van der Waals surface area (Å²) >= 11 is 0. The van der Waals surface area contributed by atoms with Crippen LogP contribution in [0.3, 0.4) is 0 Å². The predicted molar refractivity (Wildman–Crippen MR) is 97.7 cm³/mol. The van der Waals surface area contributed by atoms with E-state index in [1.54, 1.807) is 0 Å². The number of carbonyl (C=O) groups excluding carboxylic acids is 1. The van der Waals surface area contributed by atoms with E-state index >= 15 is 0 Å². The Bertz CT molecular complexity index is 548. The molecule has 0 spiro atoms. The van der Waals surface area contributed by atoms with Crippen LogP contribution in [0.1, 0.15) is 50.1 Å². The zero-order chi connectivity index (χ0) is 18.2. The van der Waals surface area contributed by atoms with Gasteiger partial charge in [0.1, 0.15) is 0 Å². The molecule has 6 nitrogen and oxygen atoms in total. The SMILES string of the molecule is Cc1nn(CC(C)C)c(C)c1CC(=O)NCCCOCC1CCCO1. The summed E-state index contributed by atoms with van der Waals surface area (Å²) in [5, 5.41) is 7.54. The molecule has 1 saturated heterocycles. The third-order valence-electron chi connectivity index (χ3n) is 4.52. The van der Waals surface area contributed by atoms with Gasteiger partial charge in [-0.3, -0.25) is 9.48 Å². The first kappa shape index (κ1) is 19.9. The lowest BCUT2D eigenvalue weighted by molar-refractivity contribution is -0.120. The fourth-order valence-corrected chi connectivity index (χ4v) is 3.13. The molecule has 2 heterocycles. The number of nitrogens with zero attached hydrogens (tertiary/aromatic N) is 2. The Balaban J connectivity index is 1.65. The summed E-state index contributed by atoms with van der Waals surface area (Å²) in [6.07, 6.45) is 3.72. The molecule has 1 N–H and O–H groups in total. The van der Waals surface area contributed by atoms with Crippen LogP contribution in [0.5, 0.6) is 0 Å². The normalized spacial score (nSPS) is 17.4. The van der Waals surface area contributed by atoms with Crippen molar-refractivity contribution in [2.45, 2.75) is 66.0 Å². The number of carbonyl (C=O) groups is 1. The van der Waals surface area contributed by atoms with Crippen LogP contribution < -0.4 is 5.32 Å². The van der Waals surface area contributed by atoms with Gasteiger partial charge in [-0.2, -0.15) is 5.10 Å². The molecule has 0 radical (unpaired) electrons. The fourth-order valence-electron chi connectivity index (χ4n) is 3.13. The highest BCUT2D eigenvalue weighted by molar-refractivity contribution is 5.79. The average Bonchev–Trinajstić information content (AvgIpc) is 3.15. The van der Waals surface area contributed by atoms with E-state index < -0.39 is 0 Å². The van der Waals surface area contributed by atoms with Crippen molar-refractivity contribution in [1.82, 2.24) is 15.1 Å². The highest BCUT2D eigenvalue weighted by Crippen LogP contribution is 2.15. The van der Waals surface area contributed by atoms with Crippen LogP contribution >= 0.6 is 0 Å². The van der Waals surface area contributed by atoms with Crippen LogP contribution in [-0.4, -0.2) is 48.2 Å². The molecule has 1 atom stereocenters. The summed E-state index contributed by atoms with van der Waals surface area (Å²) in [6.45, 7) is 12.1. The van der Waals surface area contributed by atoms with E-state index in [4.69, 9.17) is 9.47 Å². The quantitative estimate of drug-likeness (QED) is 0.658. The standard InChI is InChI=1S/C19H33N3O3/c1-14(2)12-22-16(4)18(15(3)21-22)11-19(23)20-8-6-9-24-13-17-7-5-10-25-17/h14,17H,5-13H2,1-4H3,(H,20,23). The number of hydrogen-bond acceptors (Lipinski definition) is 4. The van der Waals surface area contributed by atoms with E-state index in [9.17, 15) is 4.79 Å². The molecule has 2 rings (SSSR count). The third-order valence-corrected chi connectivity index (χ3v) is 4.52. The molecule has 1 aliphatic heterocycles. The Morgan fingerprint density at radius 3 is 2.92 bits per heavy atom. The van der Waals surface area contributed by atoms with Gasteiger partial charge in [0.15, 0.2) is 0 Å². The van der Waals surface area contributed by atoms with Crippen molar-refractivity contribution in [3.05, 3.63) is 17.0 Å². The van der Waals surface area contributed by atoms with Gasteiger partial charge in [0.25, 0.3) is 0 Å². The van der Waals surface area contributed by atoms with Gasteiger partial charge in [-0.05, 0) is 39.0 Å². The van der Waals surface area contributed by atoms with Crippen molar-refractivity contribution in [2.75, 3.05) is 26.4 Å². The molecule has 0 bridgehead atoms. The van der Waals surface area contributed by atoms with Crippen LogP contribution in [0.4, 0.5) is 0 Å². The van der Waals surface area contributed by atoms with Crippen LogP contribution in [0, 0.1) is 19.8 Å². The second-order valence-electron chi connectivity index (χ2n) is 7.32. The summed E-state index contributed by atoms with van der Waals surface area (Å²) in [7, 11) is 0. The second-order valence-corrected chi connectivity index (χ2v) is 7.32. The van der Waals surface area contributed by atoms with E-state index in [0.29, 0.717) is 32.1 Å². The summed E-state index contributed by atoms with van der Waals surface area (Å²) in [4.78, 5) is 12.2. The zero-order valence-corrected chi connectivity index (χ0v) is 16.1. The second kappa shape index (κ2) is 9.92. The van der Waals surface area contributed by atoms with Gasteiger partial charge in [0.05, 0.1) is 24.8 Å². The molecule has 0 aromatic carbocycles. The summed E-state index contributed by atoms with van der Waals surface area (Å²) in [5.74, 6) is 0.587. The zero-order valence-electron chi connectivity index (χ0n) is 16.1. The first-order chi connectivity index (χ1) is 12.0. The molecule has 1 amide bonds. The molecular weight excluding hydrogens is 318 g/mol. The van der Waals surface area contributed by atoms with Crippen molar-refractivity contribution in [3.8, 4) is 0 Å². The van der Waals surface area contributed by atoms with E-state index in [1.807, 2.05) is 18.5 Å². The Kier molecular flexibility index (Phi) is 7.90. The largest absolute Gasteiger partial charge is 0.379 e. The van der Waals surface area contributed by atoms with Gasteiger partial charge >= 0.3 is 0 Å². The van der Waals surface area contributed by atoms with E-state index in [0.717, 1.165) is 49.4 Å². The average molecular weight is 351 g/mol. The van der Waals surface area contributed by atoms with Crippen LogP contribution in [0.15, 0.2) is 0 Å². The molecule has 1 unspecified atom stereocenters. The maximum atomic E-state index is 12.2. The van der Waals surface area contributed by atoms with Crippen molar-refractivity contribution < 1.29 is 14.3 Å². The van der Waals surface area contributed by atoms with Crippen molar-refractivity contribution in [1.29, 1.82) is 0 Å². The van der Waals surface area contributed by atoms with E-state index in [1.165, 1.54) is 0 Å². The number of aryl methyl sites for hydroxylation is 1. The molecule has 25 heavy (non-hydrogen) atoms. The molecule has 0 saturated carbocycles. The Morgan fingerprint density at radius 2 is 2.24 bits per heavy atom. The Hall–Kier alpha value is -1.40. The highest BCUT2D eigenvalue weighted by atomic mass is 16.5. The number of hydrogen-bond donors (Lipinski definition) is 1. The van der Waals surface area contributed by atoms with Crippen molar-refractivity contribution >= 4 is 5.91 Å². The first-order valence-corrected chi connectivity index (χ1v) is 9.46. The molecule has 1 aliphatic rings. The molecule has 1 aromatic heterocycles. The van der Waals surface area contributed by atoms with Gasteiger partial charge in [-0.15, -0.1) is 0 Å².